The highest BCUT2D eigenvalue weighted by atomic mass is 32.2. The minimum atomic E-state index is 0.655. The summed E-state index contributed by atoms with van der Waals surface area (Å²) >= 11 is 1.47. The Morgan fingerprint density at radius 3 is 2.67 bits per heavy atom. The third-order valence-electron chi connectivity index (χ3n) is 2.66. The molecule has 1 N–H and O–H groups in total. The number of hydrogen-bond acceptors (Lipinski definition) is 5. The fraction of sp³-hybridized carbons (Fsp3) is 0.385. The van der Waals surface area contributed by atoms with Crippen LogP contribution in [0.2, 0.25) is 0 Å². The molecule has 0 bridgehead atoms. The van der Waals surface area contributed by atoms with Crippen molar-refractivity contribution in [1.82, 2.24) is 15.3 Å². The number of aromatic nitrogens is 2. The van der Waals surface area contributed by atoms with Gasteiger partial charge >= 0.3 is 0 Å². The van der Waals surface area contributed by atoms with Gasteiger partial charge in [-0.1, -0.05) is 6.07 Å². The molecule has 18 heavy (non-hydrogen) atoms. The van der Waals surface area contributed by atoms with Crippen molar-refractivity contribution in [2.75, 3.05) is 7.05 Å². The van der Waals surface area contributed by atoms with Crippen molar-refractivity contribution in [2.24, 2.45) is 0 Å². The van der Waals surface area contributed by atoms with Gasteiger partial charge in [-0.2, -0.15) is 0 Å². The van der Waals surface area contributed by atoms with Gasteiger partial charge in [0, 0.05) is 12.7 Å². The van der Waals surface area contributed by atoms with Crippen LogP contribution in [-0.2, 0) is 6.54 Å². The minimum absolute atomic E-state index is 0.655. The summed E-state index contributed by atoms with van der Waals surface area (Å²) in [5.74, 6) is 0.863. The van der Waals surface area contributed by atoms with Crippen molar-refractivity contribution in [3.05, 3.63) is 34.8 Å². The first-order valence-electron chi connectivity index (χ1n) is 5.82. The molecule has 4 nitrogen and oxygen atoms in total. The summed E-state index contributed by atoms with van der Waals surface area (Å²) in [4.78, 5) is 8.80. The van der Waals surface area contributed by atoms with E-state index in [9.17, 15) is 0 Å². The quantitative estimate of drug-likeness (QED) is 0.919. The lowest BCUT2D eigenvalue weighted by Gasteiger charge is -2.05. The second kappa shape index (κ2) is 5.54. The van der Waals surface area contributed by atoms with Crippen LogP contribution >= 0.6 is 11.8 Å². The predicted octanol–water partition coefficient (Wildman–Crippen LogP) is 2.87. The highest BCUT2D eigenvalue weighted by molar-refractivity contribution is 7.99. The van der Waals surface area contributed by atoms with E-state index in [-0.39, 0.29) is 0 Å². The molecule has 0 fully saturated rings. The molecule has 0 aliphatic rings. The van der Waals surface area contributed by atoms with Gasteiger partial charge in [0.05, 0.1) is 5.69 Å². The van der Waals surface area contributed by atoms with Crippen LogP contribution in [0.1, 0.15) is 22.6 Å². The van der Waals surface area contributed by atoms with Crippen molar-refractivity contribution in [3.63, 3.8) is 0 Å². The van der Waals surface area contributed by atoms with Gasteiger partial charge in [-0.25, -0.2) is 9.97 Å². The first kappa shape index (κ1) is 13.1. The molecule has 0 radical (unpaired) electrons. The lowest BCUT2D eigenvalue weighted by atomic mass is 10.2. The van der Waals surface area contributed by atoms with Crippen LogP contribution < -0.4 is 5.32 Å². The molecule has 0 spiro atoms. The van der Waals surface area contributed by atoms with Gasteiger partial charge in [0.2, 0.25) is 0 Å². The van der Waals surface area contributed by atoms with E-state index in [1.165, 1.54) is 17.3 Å². The van der Waals surface area contributed by atoms with Crippen LogP contribution in [0.5, 0.6) is 0 Å². The minimum Gasteiger partial charge on any atom is -0.436 e. The molecule has 0 saturated heterocycles. The largest absolute Gasteiger partial charge is 0.436 e. The summed E-state index contributed by atoms with van der Waals surface area (Å²) in [6.45, 7) is 6.75. The molecule has 2 rings (SSSR count). The lowest BCUT2D eigenvalue weighted by molar-refractivity contribution is 0.431. The molecule has 2 aromatic rings. The highest BCUT2D eigenvalue weighted by Crippen LogP contribution is 2.29. The Balaban J connectivity index is 2.19. The average molecular weight is 263 g/mol. The molecule has 96 valence electrons. The van der Waals surface area contributed by atoms with E-state index in [0.717, 1.165) is 28.6 Å². The first-order valence-corrected chi connectivity index (χ1v) is 6.64. The van der Waals surface area contributed by atoms with Gasteiger partial charge in [-0.3, -0.25) is 0 Å². The molecule has 0 saturated carbocycles. The van der Waals surface area contributed by atoms with Crippen molar-refractivity contribution < 1.29 is 4.42 Å². The number of hydrogen-bond donors (Lipinski definition) is 1. The van der Waals surface area contributed by atoms with Crippen molar-refractivity contribution in [1.29, 1.82) is 0 Å². The van der Waals surface area contributed by atoms with Crippen molar-refractivity contribution in [3.8, 4) is 0 Å². The smallest absolute Gasteiger partial charge is 0.262 e. The second-order valence-corrected chi connectivity index (χ2v) is 5.16. The summed E-state index contributed by atoms with van der Waals surface area (Å²) in [6.07, 6.45) is 1.88. The maximum Gasteiger partial charge on any atom is 0.262 e. The summed E-state index contributed by atoms with van der Waals surface area (Å²) in [5.41, 5.74) is 3.25. The number of oxazole rings is 1. The molecule has 0 aliphatic carbocycles. The second-order valence-electron chi connectivity index (χ2n) is 4.22. The lowest BCUT2D eigenvalue weighted by Crippen LogP contribution is -2.05. The van der Waals surface area contributed by atoms with Crippen molar-refractivity contribution >= 4 is 11.8 Å². The van der Waals surface area contributed by atoms with Crippen LogP contribution in [0, 0.1) is 20.8 Å². The molecular weight excluding hydrogens is 246 g/mol. The molecule has 2 aromatic heterocycles. The fourth-order valence-corrected chi connectivity index (χ4v) is 2.44. The van der Waals surface area contributed by atoms with E-state index in [1.54, 1.807) is 0 Å². The van der Waals surface area contributed by atoms with Gasteiger partial charge < -0.3 is 9.73 Å². The maximum atomic E-state index is 5.55. The molecule has 0 atom stereocenters. The molecule has 0 unspecified atom stereocenters. The summed E-state index contributed by atoms with van der Waals surface area (Å²) in [6, 6.07) is 2.13. The number of nitrogens with zero attached hydrogens (tertiary/aromatic N) is 2. The number of pyridine rings is 1. The standard InChI is InChI=1S/C13H17N3OS/c1-8-5-11(6-14-4)7-15-12(8)18-13-16-9(2)10(3)17-13/h5,7,14H,6H2,1-4H3. The van der Waals surface area contributed by atoms with E-state index in [1.807, 2.05) is 27.1 Å². The molecule has 0 aliphatic heterocycles. The Morgan fingerprint density at radius 2 is 2.11 bits per heavy atom. The maximum absolute atomic E-state index is 5.55. The Hall–Kier alpha value is -1.33. The Morgan fingerprint density at radius 1 is 1.33 bits per heavy atom. The first-order chi connectivity index (χ1) is 8.60. The molecule has 0 amide bonds. The van der Waals surface area contributed by atoms with Gasteiger partial charge in [0.25, 0.3) is 5.22 Å². The zero-order valence-corrected chi connectivity index (χ0v) is 11.9. The fourth-order valence-electron chi connectivity index (χ4n) is 1.60. The van der Waals surface area contributed by atoms with Crippen LogP contribution in [0.25, 0.3) is 0 Å². The third kappa shape index (κ3) is 2.91. The molecule has 0 aromatic carbocycles. The monoisotopic (exact) mass is 263 g/mol. The predicted molar refractivity (Wildman–Crippen MR) is 71.8 cm³/mol. The Labute approximate surface area is 111 Å². The van der Waals surface area contributed by atoms with Gasteiger partial charge in [-0.05, 0) is 50.7 Å². The summed E-state index contributed by atoms with van der Waals surface area (Å²) in [5, 5.41) is 4.71. The number of rotatable bonds is 4. The molecule has 2 heterocycles. The van der Waals surface area contributed by atoms with E-state index in [4.69, 9.17) is 4.42 Å². The van der Waals surface area contributed by atoms with Crippen LogP contribution in [0.4, 0.5) is 0 Å². The van der Waals surface area contributed by atoms with Gasteiger partial charge in [-0.15, -0.1) is 0 Å². The van der Waals surface area contributed by atoms with E-state index >= 15 is 0 Å². The van der Waals surface area contributed by atoms with E-state index < -0.39 is 0 Å². The van der Waals surface area contributed by atoms with E-state index in [2.05, 4.69) is 28.3 Å². The molecular formula is C13H17N3OS. The van der Waals surface area contributed by atoms with Crippen LogP contribution in [-0.4, -0.2) is 17.0 Å². The highest BCUT2D eigenvalue weighted by Gasteiger charge is 2.10. The zero-order chi connectivity index (χ0) is 13.1. The topological polar surface area (TPSA) is 51.0 Å². The van der Waals surface area contributed by atoms with Crippen molar-refractivity contribution in [2.45, 2.75) is 37.6 Å². The third-order valence-corrected chi connectivity index (χ3v) is 3.63. The number of aryl methyl sites for hydroxylation is 3. The zero-order valence-electron chi connectivity index (χ0n) is 11.1. The summed E-state index contributed by atoms with van der Waals surface area (Å²) in [7, 11) is 1.93. The normalized spacial score (nSPS) is 10.9. The van der Waals surface area contributed by atoms with Gasteiger partial charge in [0.15, 0.2) is 0 Å². The molecule has 5 heteroatoms. The van der Waals surface area contributed by atoms with E-state index in [0.29, 0.717) is 5.22 Å². The SMILES string of the molecule is CNCc1cnc(Sc2nc(C)c(C)o2)c(C)c1. The Kier molecular flexibility index (Phi) is 4.04. The number of nitrogens with one attached hydrogen (secondary N) is 1. The summed E-state index contributed by atoms with van der Waals surface area (Å²) < 4.78 is 5.55. The Bertz CT molecular complexity index is 532. The van der Waals surface area contributed by atoms with Crippen LogP contribution in [0.15, 0.2) is 26.9 Å². The van der Waals surface area contributed by atoms with Gasteiger partial charge in [0.1, 0.15) is 10.8 Å². The van der Waals surface area contributed by atoms with Crippen LogP contribution in [0.3, 0.4) is 0 Å². The average Bonchev–Trinajstić information content (AvgIpc) is 2.62.